The zero-order chi connectivity index (χ0) is 25.8. The maximum absolute atomic E-state index is 11.2. The van der Waals surface area contributed by atoms with Crippen LogP contribution in [0, 0.1) is 13.8 Å². The fourth-order valence-electron chi connectivity index (χ4n) is 6.32. The zero-order valence-corrected chi connectivity index (χ0v) is 22.7. The molecule has 1 aliphatic rings. The summed E-state index contributed by atoms with van der Waals surface area (Å²) in [4.78, 5) is 9.70. The summed E-state index contributed by atoms with van der Waals surface area (Å²) >= 11 is 0. The SMILES string of the molecule is CCC(CC)(c1ccc(-c2ccc(CCOOC)cc2)c(C)c1)c1ccc(C2(O)CCCC2)c(C)c1. The number of hydrogen-bond acceptors (Lipinski definition) is 3. The lowest BCUT2D eigenvalue weighted by Crippen LogP contribution is -2.28. The van der Waals surface area contributed by atoms with Crippen molar-refractivity contribution in [1.82, 2.24) is 0 Å². The van der Waals surface area contributed by atoms with Crippen LogP contribution in [0.15, 0.2) is 60.7 Å². The quantitative estimate of drug-likeness (QED) is 0.179. The molecule has 0 bridgehead atoms. The third kappa shape index (κ3) is 5.16. The van der Waals surface area contributed by atoms with Crippen LogP contribution in [0.25, 0.3) is 11.1 Å². The van der Waals surface area contributed by atoms with Crippen LogP contribution >= 0.6 is 0 Å². The second-order valence-electron chi connectivity index (χ2n) is 10.5. The molecular weight excluding hydrogens is 444 g/mol. The molecule has 36 heavy (non-hydrogen) atoms. The molecule has 192 valence electrons. The molecule has 0 heterocycles. The maximum atomic E-state index is 11.2. The van der Waals surface area contributed by atoms with Crippen molar-refractivity contribution in [2.75, 3.05) is 13.7 Å². The highest BCUT2D eigenvalue weighted by Crippen LogP contribution is 2.44. The molecule has 1 aliphatic carbocycles. The molecule has 0 unspecified atom stereocenters. The summed E-state index contributed by atoms with van der Waals surface area (Å²) in [5, 5.41) is 11.2. The van der Waals surface area contributed by atoms with Gasteiger partial charge in [0.2, 0.25) is 0 Å². The van der Waals surface area contributed by atoms with E-state index in [4.69, 9.17) is 9.78 Å². The van der Waals surface area contributed by atoms with Crippen LogP contribution in [0.5, 0.6) is 0 Å². The van der Waals surface area contributed by atoms with Gasteiger partial charge in [-0.25, -0.2) is 9.78 Å². The van der Waals surface area contributed by atoms with E-state index >= 15 is 0 Å². The van der Waals surface area contributed by atoms with Gasteiger partial charge in [-0.1, -0.05) is 87.4 Å². The summed E-state index contributed by atoms with van der Waals surface area (Å²) < 4.78 is 0. The molecule has 4 rings (SSSR count). The molecule has 3 nitrogen and oxygen atoms in total. The number of benzene rings is 3. The van der Waals surface area contributed by atoms with Crippen molar-refractivity contribution in [3.8, 4) is 11.1 Å². The minimum Gasteiger partial charge on any atom is -0.385 e. The maximum Gasteiger partial charge on any atom is 0.0899 e. The van der Waals surface area contributed by atoms with E-state index in [1.54, 1.807) is 0 Å². The van der Waals surface area contributed by atoms with Crippen LogP contribution in [0.2, 0.25) is 0 Å². The van der Waals surface area contributed by atoms with Crippen LogP contribution in [-0.4, -0.2) is 18.8 Å². The van der Waals surface area contributed by atoms with E-state index in [0.717, 1.165) is 50.5 Å². The molecule has 3 aromatic rings. The minimum atomic E-state index is -0.645. The number of aliphatic hydroxyl groups is 1. The smallest absolute Gasteiger partial charge is 0.0899 e. The molecular formula is C33H42O3. The Balaban J connectivity index is 1.64. The van der Waals surface area contributed by atoms with Gasteiger partial charge < -0.3 is 5.11 Å². The fraction of sp³-hybridized carbons (Fsp3) is 0.455. The van der Waals surface area contributed by atoms with E-state index in [-0.39, 0.29) is 5.41 Å². The van der Waals surface area contributed by atoms with Gasteiger partial charge in [0.05, 0.1) is 19.3 Å². The highest BCUT2D eigenvalue weighted by Gasteiger charge is 2.36. The molecule has 0 atom stereocenters. The number of hydrogen-bond donors (Lipinski definition) is 1. The first-order chi connectivity index (χ1) is 17.4. The Morgan fingerprint density at radius 1 is 0.833 bits per heavy atom. The third-order valence-electron chi connectivity index (χ3n) is 8.55. The lowest BCUT2D eigenvalue weighted by molar-refractivity contribution is -0.271. The van der Waals surface area contributed by atoms with Crippen molar-refractivity contribution in [3.63, 3.8) is 0 Å². The molecule has 0 amide bonds. The van der Waals surface area contributed by atoms with E-state index in [2.05, 4.69) is 88.4 Å². The molecule has 1 N–H and O–H groups in total. The number of aryl methyl sites for hydroxylation is 2. The van der Waals surface area contributed by atoms with Gasteiger partial charge in [-0.3, -0.25) is 0 Å². The summed E-state index contributed by atoms with van der Waals surface area (Å²) in [6, 6.07) is 22.6. The lowest BCUT2D eigenvalue weighted by Gasteiger charge is -2.35. The van der Waals surface area contributed by atoms with Crippen molar-refractivity contribution in [2.24, 2.45) is 0 Å². The first kappa shape index (κ1) is 26.6. The largest absolute Gasteiger partial charge is 0.385 e. The molecule has 0 aromatic heterocycles. The summed E-state index contributed by atoms with van der Waals surface area (Å²) in [5.41, 5.74) is 9.41. The second-order valence-corrected chi connectivity index (χ2v) is 10.5. The standard InChI is InChI=1S/C33H42O3/c1-6-32(7-2,29-15-17-31(25(4)23-29)33(34)19-8-9-20-33)28-14-16-30(24(3)22-28)27-12-10-26(11-13-27)18-21-36-35-5/h10-17,22-23,34H,6-9,18-21H2,1-5H3. The van der Waals surface area contributed by atoms with Gasteiger partial charge in [-0.15, -0.1) is 0 Å². The molecule has 3 aromatic carbocycles. The van der Waals surface area contributed by atoms with Crippen molar-refractivity contribution in [2.45, 2.75) is 83.7 Å². The number of rotatable bonds is 10. The van der Waals surface area contributed by atoms with Crippen LogP contribution in [0.3, 0.4) is 0 Å². The Bertz CT molecular complexity index is 1150. The Kier molecular flexibility index (Phi) is 8.34. The van der Waals surface area contributed by atoms with Crippen molar-refractivity contribution in [3.05, 3.63) is 94.0 Å². The van der Waals surface area contributed by atoms with Crippen LogP contribution in [0.1, 0.15) is 85.8 Å². The van der Waals surface area contributed by atoms with Gasteiger partial charge >= 0.3 is 0 Å². The minimum absolute atomic E-state index is 0.0456. The third-order valence-corrected chi connectivity index (χ3v) is 8.55. The molecule has 0 radical (unpaired) electrons. The summed E-state index contributed by atoms with van der Waals surface area (Å²) in [5.74, 6) is 0. The summed E-state index contributed by atoms with van der Waals surface area (Å²) in [6.07, 6.45) is 6.87. The normalized spacial score (nSPS) is 15.4. The first-order valence-electron chi connectivity index (χ1n) is 13.6. The van der Waals surface area contributed by atoms with Crippen molar-refractivity contribution in [1.29, 1.82) is 0 Å². The monoisotopic (exact) mass is 486 g/mol. The topological polar surface area (TPSA) is 38.7 Å². The first-order valence-corrected chi connectivity index (χ1v) is 13.6. The van der Waals surface area contributed by atoms with E-state index < -0.39 is 5.60 Å². The van der Waals surface area contributed by atoms with E-state index in [1.165, 1.54) is 46.1 Å². The van der Waals surface area contributed by atoms with E-state index in [0.29, 0.717) is 6.61 Å². The molecule has 1 fully saturated rings. The Morgan fingerprint density at radius 3 is 2.00 bits per heavy atom. The second kappa shape index (κ2) is 11.3. The zero-order valence-electron chi connectivity index (χ0n) is 22.7. The molecule has 0 saturated heterocycles. The van der Waals surface area contributed by atoms with Gasteiger partial charge in [0.25, 0.3) is 0 Å². The fourth-order valence-corrected chi connectivity index (χ4v) is 6.32. The van der Waals surface area contributed by atoms with Crippen LogP contribution < -0.4 is 0 Å². The predicted octanol–water partition coefficient (Wildman–Crippen LogP) is 7.96. The van der Waals surface area contributed by atoms with E-state index in [9.17, 15) is 5.11 Å². The Morgan fingerprint density at radius 2 is 1.44 bits per heavy atom. The van der Waals surface area contributed by atoms with Gasteiger partial charge in [-0.2, -0.15) is 0 Å². The molecule has 1 saturated carbocycles. The average Bonchev–Trinajstić information content (AvgIpc) is 3.33. The van der Waals surface area contributed by atoms with Crippen molar-refractivity contribution < 1.29 is 14.9 Å². The molecule has 0 spiro atoms. The average molecular weight is 487 g/mol. The molecule has 3 heteroatoms. The summed E-state index contributed by atoms with van der Waals surface area (Å²) in [6.45, 7) is 9.54. The van der Waals surface area contributed by atoms with Gasteiger partial charge in [-0.05, 0) is 90.5 Å². The highest BCUT2D eigenvalue weighted by atomic mass is 17.2. The van der Waals surface area contributed by atoms with Gasteiger partial charge in [0.1, 0.15) is 0 Å². The summed E-state index contributed by atoms with van der Waals surface area (Å²) in [7, 11) is 1.54. The van der Waals surface area contributed by atoms with E-state index in [1.807, 2.05) is 0 Å². The Labute approximate surface area is 217 Å². The Hall–Kier alpha value is -2.46. The van der Waals surface area contributed by atoms with Crippen LogP contribution in [0.4, 0.5) is 0 Å². The predicted molar refractivity (Wildman–Crippen MR) is 148 cm³/mol. The van der Waals surface area contributed by atoms with Gasteiger partial charge in [0, 0.05) is 5.41 Å². The van der Waals surface area contributed by atoms with Crippen LogP contribution in [-0.2, 0) is 27.2 Å². The highest BCUT2D eigenvalue weighted by molar-refractivity contribution is 5.68. The lowest BCUT2D eigenvalue weighted by atomic mass is 9.69. The van der Waals surface area contributed by atoms with Gasteiger partial charge in [0.15, 0.2) is 0 Å². The molecule has 0 aliphatic heterocycles. The van der Waals surface area contributed by atoms with Crippen molar-refractivity contribution >= 4 is 0 Å².